The van der Waals surface area contributed by atoms with Crippen molar-refractivity contribution in [3.8, 4) is 22.8 Å². The molecular formula is C27H33N5O3. The Morgan fingerprint density at radius 1 is 1.00 bits per heavy atom. The Morgan fingerprint density at radius 3 is 2.40 bits per heavy atom. The topological polar surface area (TPSA) is 91.6 Å². The molecule has 1 atom stereocenters. The van der Waals surface area contributed by atoms with Crippen LogP contribution in [0.2, 0.25) is 0 Å². The first kappa shape index (κ1) is 24.6. The fraction of sp³-hybridized carbons (Fsp3) is 0.407. The second-order valence-corrected chi connectivity index (χ2v) is 9.47. The number of nitrogens with zero attached hydrogens (tertiary/aromatic N) is 4. The number of hydrogen-bond donors (Lipinski definition) is 1. The lowest BCUT2D eigenvalue weighted by atomic mass is 10.0. The maximum Gasteiger partial charge on any atom is 0.258 e. The largest absolute Gasteiger partial charge is 0.345 e. The van der Waals surface area contributed by atoms with Crippen LogP contribution >= 0.6 is 0 Å². The summed E-state index contributed by atoms with van der Waals surface area (Å²) in [6.07, 6.45) is 0.646. The number of rotatable bonds is 8. The summed E-state index contributed by atoms with van der Waals surface area (Å²) < 4.78 is 5.46. The van der Waals surface area contributed by atoms with E-state index in [4.69, 9.17) is 4.52 Å². The third-order valence-electron chi connectivity index (χ3n) is 6.10. The van der Waals surface area contributed by atoms with E-state index in [1.165, 1.54) is 6.92 Å². The van der Waals surface area contributed by atoms with Gasteiger partial charge in [0.05, 0.1) is 0 Å². The highest BCUT2D eigenvalue weighted by atomic mass is 16.5. The van der Waals surface area contributed by atoms with Crippen LogP contribution in [0.3, 0.4) is 0 Å². The molecule has 1 aliphatic rings. The second-order valence-electron chi connectivity index (χ2n) is 9.47. The Hall–Kier alpha value is -3.52. The Kier molecular flexibility index (Phi) is 7.92. The summed E-state index contributed by atoms with van der Waals surface area (Å²) in [4.78, 5) is 33.4. The fourth-order valence-corrected chi connectivity index (χ4v) is 4.39. The Labute approximate surface area is 206 Å². The summed E-state index contributed by atoms with van der Waals surface area (Å²) in [5, 5.41) is 6.99. The van der Waals surface area contributed by atoms with Gasteiger partial charge in [0, 0.05) is 50.8 Å². The maximum absolute atomic E-state index is 13.0. The van der Waals surface area contributed by atoms with E-state index in [0.717, 1.165) is 36.3 Å². The predicted octanol–water partition coefficient (Wildman–Crippen LogP) is 3.60. The van der Waals surface area contributed by atoms with Crippen LogP contribution in [-0.2, 0) is 16.1 Å². The highest BCUT2D eigenvalue weighted by molar-refractivity contribution is 5.87. The highest BCUT2D eigenvalue weighted by Crippen LogP contribution is 2.23. The van der Waals surface area contributed by atoms with Gasteiger partial charge in [-0.3, -0.25) is 14.5 Å². The molecule has 2 heterocycles. The molecule has 8 nitrogen and oxygen atoms in total. The van der Waals surface area contributed by atoms with E-state index in [2.05, 4.69) is 46.3 Å². The summed E-state index contributed by atoms with van der Waals surface area (Å²) in [5.41, 5.74) is 2.96. The zero-order chi connectivity index (χ0) is 24.8. The van der Waals surface area contributed by atoms with Gasteiger partial charge in [0.1, 0.15) is 6.04 Å². The van der Waals surface area contributed by atoms with Crippen molar-refractivity contribution in [3.63, 3.8) is 0 Å². The van der Waals surface area contributed by atoms with Crippen molar-refractivity contribution < 1.29 is 14.1 Å². The SMILES string of the molecule is CC(=O)N[C@@H](CC(C)C)C(=O)N1CCN(Cc2cccc(-c3noc(-c4ccccc4)n3)c2)CC1. The number of hydrogen-bond acceptors (Lipinski definition) is 6. The van der Waals surface area contributed by atoms with Crippen LogP contribution in [0.25, 0.3) is 22.8 Å². The molecule has 0 spiro atoms. The summed E-state index contributed by atoms with van der Waals surface area (Å²) >= 11 is 0. The Balaban J connectivity index is 1.35. The first-order valence-corrected chi connectivity index (χ1v) is 12.2. The fourth-order valence-electron chi connectivity index (χ4n) is 4.39. The third kappa shape index (κ3) is 6.54. The molecular weight excluding hydrogens is 442 g/mol. The van der Waals surface area contributed by atoms with Crippen LogP contribution in [0.15, 0.2) is 59.1 Å². The quantitative estimate of drug-likeness (QED) is 0.535. The van der Waals surface area contributed by atoms with Gasteiger partial charge < -0.3 is 14.7 Å². The van der Waals surface area contributed by atoms with Crippen LogP contribution in [0.5, 0.6) is 0 Å². The average molecular weight is 476 g/mol. The monoisotopic (exact) mass is 475 g/mol. The standard InChI is InChI=1S/C27H33N5O3/c1-19(2)16-24(28-20(3)33)27(34)32-14-12-31(13-15-32)18-21-8-7-11-23(17-21)25-29-26(35-30-25)22-9-5-4-6-10-22/h4-11,17,19,24H,12-16,18H2,1-3H3,(H,28,33)/t24-/m0/s1. The molecule has 0 bridgehead atoms. The lowest BCUT2D eigenvalue weighted by Gasteiger charge is -2.36. The lowest BCUT2D eigenvalue weighted by Crippen LogP contribution is -2.54. The van der Waals surface area contributed by atoms with Crippen molar-refractivity contribution in [2.45, 2.75) is 39.8 Å². The summed E-state index contributed by atoms with van der Waals surface area (Å²) in [6.45, 7) is 9.23. The second kappa shape index (κ2) is 11.3. The molecule has 0 saturated carbocycles. The van der Waals surface area contributed by atoms with Gasteiger partial charge in [-0.2, -0.15) is 4.98 Å². The molecule has 184 valence electrons. The van der Waals surface area contributed by atoms with Crippen LogP contribution in [0.4, 0.5) is 0 Å². The maximum atomic E-state index is 13.0. The molecule has 4 rings (SSSR count). The Bertz CT molecular complexity index is 1140. The van der Waals surface area contributed by atoms with Gasteiger partial charge in [-0.05, 0) is 36.1 Å². The molecule has 1 aromatic heterocycles. The van der Waals surface area contributed by atoms with E-state index in [1.807, 2.05) is 47.4 Å². The molecule has 0 radical (unpaired) electrons. The van der Waals surface area contributed by atoms with E-state index in [0.29, 0.717) is 37.1 Å². The summed E-state index contributed by atoms with van der Waals surface area (Å²) in [7, 11) is 0. The number of benzene rings is 2. The minimum absolute atomic E-state index is 0.0156. The van der Waals surface area contributed by atoms with Gasteiger partial charge in [-0.25, -0.2) is 0 Å². The average Bonchev–Trinajstić information content (AvgIpc) is 3.34. The van der Waals surface area contributed by atoms with Crippen molar-refractivity contribution in [2.75, 3.05) is 26.2 Å². The third-order valence-corrected chi connectivity index (χ3v) is 6.10. The minimum atomic E-state index is -0.452. The number of aromatic nitrogens is 2. The van der Waals surface area contributed by atoms with Gasteiger partial charge in [0.15, 0.2) is 0 Å². The van der Waals surface area contributed by atoms with Crippen LogP contribution in [0.1, 0.15) is 32.8 Å². The number of carbonyl (C=O) groups is 2. The lowest BCUT2D eigenvalue weighted by molar-refractivity contribution is -0.138. The van der Waals surface area contributed by atoms with Crippen molar-refractivity contribution in [1.29, 1.82) is 0 Å². The molecule has 3 aromatic rings. The molecule has 0 aliphatic carbocycles. The van der Waals surface area contributed by atoms with Crippen LogP contribution in [0, 0.1) is 5.92 Å². The number of amides is 2. The van der Waals surface area contributed by atoms with Gasteiger partial charge >= 0.3 is 0 Å². The summed E-state index contributed by atoms with van der Waals surface area (Å²) in [6, 6.07) is 17.4. The van der Waals surface area contributed by atoms with Gasteiger partial charge in [-0.15, -0.1) is 0 Å². The molecule has 2 aromatic carbocycles. The zero-order valence-electron chi connectivity index (χ0n) is 20.6. The van der Waals surface area contributed by atoms with Crippen molar-refractivity contribution in [3.05, 3.63) is 60.2 Å². The molecule has 35 heavy (non-hydrogen) atoms. The predicted molar refractivity (Wildman–Crippen MR) is 134 cm³/mol. The Morgan fingerprint density at radius 2 is 1.71 bits per heavy atom. The number of carbonyl (C=O) groups excluding carboxylic acids is 2. The first-order chi connectivity index (χ1) is 16.9. The molecule has 1 N–H and O–H groups in total. The van der Waals surface area contributed by atoms with E-state index in [9.17, 15) is 9.59 Å². The van der Waals surface area contributed by atoms with Gasteiger partial charge in [0.2, 0.25) is 17.6 Å². The van der Waals surface area contributed by atoms with E-state index in [1.54, 1.807) is 0 Å². The number of piperazine rings is 1. The first-order valence-electron chi connectivity index (χ1n) is 12.2. The van der Waals surface area contributed by atoms with Crippen molar-refractivity contribution >= 4 is 11.8 Å². The minimum Gasteiger partial charge on any atom is -0.345 e. The molecule has 2 amide bonds. The molecule has 1 saturated heterocycles. The smallest absolute Gasteiger partial charge is 0.258 e. The van der Waals surface area contributed by atoms with E-state index >= 15 is 0 Å². The highest BCUT2D eigenvalue weighted by Gasteiger charge is 2.28. The van der Waals surface area contributed by atoms with Crippen LogP contribution in [-0.4, -0.2) is 64.0 Å². The molecule has 1 fully saturated rings. The van der Waals surface area contributed by atoms with Crippen molar-refractivity contribution in [1.82, 2.24) is 25.3 Å². The van der Waals surface area contributed by atoms with Crippen LogP contribution < -0.4 is 5.32 Å². The normalized spacial score (nSPS) is 15.3. The van der Waals surface area contributed by atoms with E-state index < -0.39 is 6.04 Å². The summed E-state index contributed by atoms with van der Waals surface area (Å²) in [5.74, 6) is 1.24. The molecule has 1 aliphatic heterocycles. The van der Waals surface area contributed by atoms with Gasteiger partial charge in [-0.1, -0.05) is 55.4 Å². The molecule has 0 unspecified atom stereocenters. The van der Waals surface area contributed by atoms with Gasteiger partial charge in [0.25, 0.3) is 5.89 Å². The van der Waals surface area contributed by atoms with Crippen molar-refractivity contribution in [2.24, 2.45) is 5.92 Å². The van der Waals surface area contributed by atoms with E-state index in [-0.39, 0.29) is 11.8 Å². The molecule has 8 heteroatoms. The number of nitrogens with one attached hydrogen (secondary N) is 1. The zero-order valence-corrected chi connectivity index (χ0v) is 20.6.